The number of hydrogen-bond acceptors (Lipinski definition) is 1. The number of hydrogen-bond donors (Lipinski definition) is 1. The van der Waals surface area contributed by atoms with Crippen LogP contribution in [0.1, 0.15) is 36.2 Å². The molecule has 0 aromatic heterocycles. The normalized spacial score (nSPS) is 12.6. The summed E-state index contributed by atoms with van der Waals surface area (Å²) in [4.78, 5) is 11.9. The van der Waals surface area contributed by atoms with Gasteiger partial charge >= 0.3 is 0 Å². The van der Waals surface area contributed by atoms with E-state index in [1.165, 1.54) is 0 Å². The van der Waals surface area contributed by atoms with Crippen molar-refractivity contribution < 1.29 is 4.79 Å². The van der Waals surface area contributed by atoms with Crippen molar-refractivity contribution in [2.75, 3.05) is 6.54 Å². The van der Waals surface area contributed by atoms with Gasteiger partial charge in [0.15, 0.2) is 0 Å². The van der Waals surface area contributed by atoms with E-state index in [4.69, 9.17) is 11.6 Å². The fourth-order valence-corrected chi connectivity index (χ4v) is 2.45. The third kappa shape index (κ3) is 4.99. The molecule has 0 aliphatic heterocycles. The molecule has 0 fully saturated rings. The van der Waals surface area contributed by atoms with Gasteiger partial charge in [-0.25, -0.2) is 0 Å². The van der Waals surface area contributed by atoms with E-state index in [0.717, 1.165) is 16.5 Å². The summed E-state index contributed by atoms with van der Waals surface area (Å²) < 4.78 is 0.944. The second-order valence-electron chi connectivity index (χ2n) is 4.90. The van der Waals surface area contributed by atoms with Crippen LogP contribution in [0, 0.1) is 12.8 Å². The van der Waals surface area contributed by atoms with Crippen LogP contribution in [0.3, 0.4) is 0 Å². The van der Waals surface area contributed by atoms with E-state index < -0.39 is 0 Å². The molecule has 1 atom stereocenters. The quantitative estimate of drug-likeness (QED) is 0.807. The van der Waals surface area contributed by atoms with Gasteiger partial charge in [-0.1, -0.05) is 35.8 Å². The molecule has 1 aromatic rings. The molecule has 0 radical (unpaired) electrons. The Morgan fingerprint density at radius 2 is 2.11 bits per heavy atom. The zero-order chi connectivity index (χ0) is 13.7. The summed E-state index contributed by atoms with van der Waals surface area (Å²) in [6.07, 6.45) is 0.902. The molecular weight excluding hydrogens is 314 g/mol. The lowest BCUT2D eigenvalue weighted by Gasteiger charge is -2.13. The Hall–Kier alpha value is -0.540. The molecule has 1 rings (SSSR count). The first kappa shape index (κ1) is 15.5. The average Bonchev–Trinajstić information content (AvgIpc) is 2.28. The average molecular weight is 333 g/mol. The molecule has 0 spiro atoms. The minimum Gasteiger partial charge on any atom is -0.351 e. The van der Waals surface area contributed by atoms with Crippen LogP contribution < -0.4 is 5.32 Å². The molecule has 0 heterocycles. The number of alkyl halides is 1. The molecule has 1 aromatic carbocycles. The SMILES string of the molecule is Cc1ccc(C(=O)NCC(Cl)CC(C)C)cc1Br. The van der Waals surface area contributed by atoms with Gasteiger partial charge in [0.2, 0.25) is 0 Å². The predicted molar refractivity (Wildman–Crippen MR) is 80.3 cm³/mol. The van der Waals surface area contributed by atoms with E-state index >= 15 is 0 Å². The van der Waals surface area contributed by atoms with Crippen molar-refractivity contribution in [3.8, 4) is 0 Å². The van der Waals surface area contributed by atoms with E-state index in [1.54, 1.807) is 0 Å². The highest BCUT2D eigenvalue weighted by Gasteiger charge is 2.11. The molecule has 2 nitrogen and oxygen atoms in total. The number of nitrogens with one attached hydrogen (secondary N) is 1. The molecule has 1 N–H and O–H groups in total. The van der Waals surface area contributed by atoms with Gasteiger partial charge in [0.25, 0.3) is 5.91 Å². The van der Waals surface area contributed by atoms with Crippen LogP contribution in [0.2, 0.25) is 0 Å². The predicted octanol–water partition coefficient (Wildman–Crippen LogP) is 4.14. The van der Waals surface area contributed by atoms with E-state index in [0.29, 0.717) is 18.0 Å². The number of aryl methyl sites for hydroxylation is 1. The van der Waals surface area contributed by atoms with E-state index in [1.807, 2.05) is 25.1 Å². The van der Waals surface area contributed by atoms with Crippen LogP contribution in [0.5, 0.6) is 0 Å². The first-order valence-electron chi connectivity index (χ1n) is 6.08. The van der Waals surface area contributed by atoms with Gasteiger partial charge in [-0.05, 0) is 37.0 Å². The summed E-state index contributed by atoms with van der Waals surface area (Å²) in [7, 11) is 0. The second-order valence-corrected chi connectivity index (χ2v) is 6.37. The molecule has 18 heavy (non-hydrogen) atoms. The van der Waals surface area contributed by atoms with Crippen molar-refractivity contribution in [1.29, 1.82) is 0 Å². The summed E-state index contributed by atoms with van der Waals surface area (Å²) in [6, 6.07) is 5.57. The van der Waals surface area contributed by atoms with E-state index in [2.05, 4.69) is 35.1 Å². The first-order chi connectivity index (χ1) is 8.40. The first-order valence-corrected chi connectivity index (χ1v) is 7.31. The van der Waals surface area contributed by atoms with Gasteiger partial charge in [-0.15, -0.1) is 11.6 Å². The zero-order valence-electron chi connectivity index (χ0n) is 11.0. The standard InChI is InChI=1S/C14H19BrClNO/c1-9(2)6-12(16)8-17-14(18)11-5-4-10(3)13(15)7-11/h4-5,7,9,12H,6,8H2,1-3H3,(H,17,18). The number of amides is 1. The maximum Gasteiger partial charge on any atom is 0.251 e. The molecule has 0 aliphatic carbocycles. The van der Waals surface area contributed by atoms with Gasteiger partial charge in [0.05, 0.1) is 5.38 Å². The van der Waals surface area contributed by atoms with Gasteiger partial charge < -0.3 is 5.32 Å². The lowest BCUT2D eigenvalue weighted by molar-refractivity contribution is 0.0953. The molecular formula is C14H19BrClNO. The topological polar surface area (TPSA) is 29.1 Å². The van der Waals surface area contributed by atoms with Crippen molar-refractivity contribution in [2.24, 2.45) is 5.92 Å². The summed E-state index contributed by atoms with van der Waals surface area (Å²) >= 11 is 9.56. The number of carbonyl (C=O) groups is 1. The summed E-state index contributed by atoms with van der Waals surface area (Å²) in [6.45, 7) is 6.73. The molecule has 4 heteroatoms. The minimum atomic E-state index is -0.0786. The molecule has 1 amide bonds. The van der Waals surface area contributed by atoms with Crippen molar-refractivity contribution in [1.82, 2.24) is 5.32 Å². The van der Waals surface area contributed by atoms with Crippen molar-refractivity contribution in [3.05, 3.63) is 33.8 Å². The summed E-state index contributed by atoms with van der Waals surface area (Å²) in [5, 5.41) is 2.85. The third-order valence-electron chi connectivity index (χ3n) is 2.65. The second kappa shape index (κ2) is 7.15. The number of benzene rings is 1. The maximum atomic E-state index is 11.9. The van der Waals surface area contributed by atoms with Gasteiger partial charge in [0.1, 0.15) is 0 Å². The van der Waals surface area contributed by atoms with Gasteiger partial charge in [-0.2, -0.15) is 0 Å². The highest BCUT2D eigenvalue weighted by Crippen LogP contribution is 2.17. The van der Waals surface area contributed by atoms with Crippen molar-refractivity contribution in [3.63, 3.8) is 0 Å². The lowest BCUT2D eigenvalue weighted by atomic mass is 10.1. The Bertz CT molecular complexity index is 420. The van der Waals surface area contributed by atoms with E-state index in [9.17, 15) is 4.79 Å². The lowest BCUT2D eigenvalue weighted by Crippen LogP contribution is -2.30. The Kier molecular flexibility index (Phi) is 6.16. The number of halogens is 2. The number of carbonyl (C=O) groups excluding carboxylic acids is 1. The Morgan fingerprint density at radius 1 is 1.44 bits per heavy atom. The monoisotopic (exact) mass is 331 g/mol. The van der Waals surface area contributed by atoms with Crippen LogP contribution >= 0.6 is 27.5 Å². The molecule has 0 saturated heterocycles. The summed E-state index contributed by atoms with van der Waals surface area (Å²) in [5.41, 5.74) is 1.77. The molecule has 100 valence electrons. The van der Waals surface area contributed by atoms with Crippen LogP contribution in [0.4, 0.5) is 0 Å². The zero-order valence-corrected chi connectivity index (χ0v) is 13.3. The largest absolute Gasteiger partial charge is 0.351 e. The summed E-state index contributed by atoms with van der Waals surface area (Å²) in [5.74, 6) is 0.461. The van der Waals surface area contributed by atoms with E-state index in [-0.39, 0.29) is 11.3 Å². The Morgan fingerprint density at radius 3 is 2.67 bits per heavy atom. The van der Waals surface area contributed by atoms with Gasteiger partial charge in [0, 0.05) is 16.6 Å². The van der Waals surface area contributed by atoms with Gasteiger partial charge in [-0.3, -0.25) is 4.79 Å². The molecule has 0 bridgehead atoms. The highest BCUT2D eigenvalue weighted by molar-refractivity contribution is 9.10. The minimum absolute atomic E-state index is 0.0113. The Labute approximate surface area is 122 Å². The third-order valence-corrected chi connectivity index (χ3v) is 3.83. The van der Waals surface area contributed by atoms with Crippen LogP contribution in [0.25, 0.3) is 0 Å². The highest BCUT2D eigenvalue weighted by atomic mass is 79.9. The molecule has 0 saturated carbocycles. The van der Waals surface area contributed by atoms with Crippen molar-refractivity contribution in [2.45, 2.75) is 32.6 Å². The fourth-order valence-electron chi connectivity index (χ4n) is 1.63. The van der Waals surface area contributed by atoms with Crippen molar-refractivity contribution >= 4 is 33.4 Å². The Balaban J connectivity index is 2.52. The van der Waals surface area contributed by atoms with Crippen LogP contribution in [0.15, 0.2) is 22.7 Å². The maximum absolute atomic E-state index is 11.9. The fraction of sp³-hybridized carbons (Fsp3) is 0.500. The molecule has 0 aliphatic rings. The van der Waals surface area contributed by atoms with Crippen LogP contribution in [-0.2, 0) is 0 Å². The number of rotatable bonds is 5. The van der Waals surface area contributed by atoms with Crippen LogP contribution in [-0.4, -0.2) is 17.8 Å². The molecule has 1 unspecified atom stereocenters. The smallest absolute Gasteiger partial charge is 0.251 e.